The molecule has 150 valence electrons. The number of fused-ring (bicyclic) bond motifs is 1. The quantitative estimate of drug-likeness (QED) is 0.747. The van der Waals surface area contributed by atoms with Crippen molar-refractivity contribution in [2.24, 2.45) is 0 Å². The van der Waals surface area contributed by atoms with Gasteiger partial charge in [0.1, 0.15) is 11.9 Å². The molecule has 0 bridgehead atoms. The lowest BCUT2D eigenvalue weighted by atomic mass is 9.94. The number of ether oxygens (including phenoxy) is 1. The van der Waals surface area contributed by atoms with Gasteiger partial charge in [-0.3, -0.25) is 19.7 Å². The number of amides is 3. The maximum atomic E-state index is 15.2. The van der Waals surface area contributed by atoms with Crippen molar-refractivity contribution >= 4 is 17.7 Å². The highest BCUT2D eigenvalue weighted by Crippen LogP contribution is 2.31. The van der Waals surface area contributed by atoms with E-state index < -0.39 is 17.8 Å². The largest absolute Gasteiger partial charge is 0.376 e. The Bertz CT molecular complexity index is 828. The van der Waals surface area contributed by atoms with E-state index >= 15 is 4.39 Å². The summed E-state index contributed by atoms with van der Waals surface area (Å²) in [5.41, 5.74) is 1.13. The summed E-state index contributed by atoms with van der Waals surface area (Å²) in [6, 6.07) is 2.71. The molecule has 3 atom stereocenters. The van der Waals surface area contributed by atoms with Gasteiger partial charge in [0, 0.05) is 36.6 Å². The van der Waals surface area contributed by atoms with E-state index in [-0.39, 0.29) is 43.3 Å². The number of benzene rings is 1. The average Bonchev–Trinajstić information content (AvgIpc) is 3.02. The molecule has 7 nitrogen and oxygen atoms in total. The van der Waals surface area contributed by atoms with E-state index in [0.29, 0.717) is 29.7 Å². The summed E-state index contributed by atoms with van der Waals surface area (Å²) in [4.78, 5) is 37.6. The number of hydrogen-bond acceptors (Lipinski definition) is 5. The van der Waals surface area contributed by atoms with Crippen LogP contribution in [0, 0.1) is 5.82 Å². The van der Waals surface area contributed by atoms with Crippen molar-refractivity contribution in [2.45, 2.75) is 56.8 Å². The summed E-state index contributed by atoms with van der Waals surface area (Å²) in [7, 11) is 1.88. The number of imide groups is 1. The van der Waals surface area contributed by atoms with Gasteiger partial charge in [0.15, 0.2) is 0 Å². The van der Waals surface area contributed by atoms with Crippen molar-refractivity contribution < 1.29 is 23.5 Å². The monoisotopic (exact) mass is 389 g/mol. The Morgan fingerprint density at radius 2 is 2.11 bits per heavy atom. The molecule has 3 aliphatic heterocycles. The van der Waals surface area contributed by atoms with E-state index in [2.05, 4.69) is 10.6 Å². The average molecular weight is 389 g/mol. The third-order valence-corrected chi connectivity index (χ3v) is 5.96. The van der Waals surface area contributed by atoms with Crippen molar-refractivity contribution in [3.05, 3.63) is 34.6 Å². The maximum Gasteiger partial charge on any atom is 0.255 e. The molecule has 8 heteroatoms. The first-order valence-electron chi connectivity index (χ1n) is 9.73. The molecule has 4 rings (SSSR count). The summed E-state index contributed by atoms with van der Waals surface area (Å²) in [5.74, 6) is -1.60. The van der Waals surface area contributed by atoms with Gasteiger partial charge in [-0.2, -0.15) is 0 Å². The van der Waals surface area contributed by atoms with Crippen LogP contribution < -0.4 is 10.6 Å². The molecule has 3 aliphatic rings. The number of hydrogen-bond donors (Lipinski definition) is 2. The molecule has 0 spiro atoms. The zero-order valence-corrected chi connectivity index (χ0v) is 15.8. The molecular formula is C20H24FN3O4. The van der Waals surface area contributed by atoms with E-state index in [1.807, 2.05) is 7.05 Å². The van der Waals surface area contributed by atoms with Crippen LogP contribution in [-0.4, -0.2) is 54.5 Å². The van der Waals surface area contributed by atoms with E-state index in [1.165, 1.54) is 4.90 Å². The summed E-state index contributed by atoms with van der Waals surface area (Å²) in [6.45, 7) is 0.707. The first kappa shape index (κ1) is 19.0. The van der Waals surface area contributed by atoms with Gasteiger partial charge in [0.2, 0.25) is 11.8 Å². The van der Waals surface area contributed by atoms with Crippen molar-refractivity contribution in [3.8, 4) is 0 Å². The van der Waals surface area contributed by atoms with E-state index in [4.69, 9.17) is 4.74 Å². The molecule has 2 N–H and O–H groups in total. The number of likely N-dealkylation sites (N-methyl/N-ethyl adjacent to an activating group) is 1. The molecule has 1 unspecified atom stereocenters. The summed E-state index contributed by atoms with van der Waals surface area (Å²) >= 11 is 0. The SMILES string of the molecule is CN[C@H]1CCCO[C@@H]1Cc1ccc2c(c1F)CN(C1CCC(=O)NC1=O)C2=O. The second kappa shape index (κ2) is 7.60. The smallest absolute Gasteiger partial charge is 0.255 e. The van der Waals surface area contributed by atoms with Gasteiger partial charge in [-0.25, -0.2) is 4.39 Å². The van der Waals surface area contributed by atoms with Crippen LogP contribution in [0.5, 0.6) is 0 Å². The lowest BCUT2D eigenvalue weighted by Gasteiger charge is -2.31. The molecule has 2 fully saturated rings. The number of nitrogens with one attached hydrogen (secondary N) is 2. The first-order chi connectivity index (χ1) is 13.5. The van der Waals surface area contributed by atoms with Gasteiger partial charge in [-0.1, -0.05) is 6.07 Å². The molecule has 0 radical (unpaired) electrons. The van der Waals surface area contributed by atoms with Gasteiger partial charge in [0.05, 0.1) is 12.6 Å². The normalized spacial score (nSPS) is 27.7. The number of nitrogens with zero attached hydrogens (tertiary/aromatic N) is 1. The summed E-state index contributed by atoms with van der Waals surface area (Å²) < 4.78 is 21.1. The fraction of sp³-hybridized carbons (Fsp3) is 0.550. The Balaban J connectivity index is 1.55. The van der Waals surface area contributed by atoms with Gasteiger partial charge >= 0.3 is 0 Å². The van der Waals surface area contributed by atoms with E-state index in [9.17, 15) is 14.4 Å². The Hall–Kier alpha value is -2.32. The van der Waals surface area contributed by atoms with E-state index in [1.54, 1.807) is 12.1 Å². The van der Waals surface area contributed by atoms with Crippen LogP contribution in [0.25, 0.3) is 0 Å². The minimum atomic E-state index is -0.740. The van der Waals surface area contributed by atoms with Crippen LogP contribution in [-0.2, 0) is 27.3 Å². The van der Waals surface area contributed by atoms with Gasteiger partial charge < -0.3 is 15.0 Å². The molecule has 0 aromatic heterocycles. The highest BCUT2D eigenvalue weighted by Gasteiger charge is 2.40. The molecule has 3 heterocycles. The predicted molar refractivity (Wildman–Crippen MR) is 98.0 cm³/mol. The number of piperidine rings is 1. The van der Waals surface area contributed by atoms with Gasteiger partial charge in [0.25, 0.3) is 5.91 Å². The highest BCUT2D eigenvalue weighted by molar-refractivity contribution is 6.05. The van der Waals surface area contributed by atoms with Crippen molar-refractivity contribution in [1.82, 2.24) is 15.5 Å². The maximum absolute atomic E-state index is 15.2. The Morgan fingerprint density at radius 1 is 1.29 bits per heavy atom. The predicted octanol–water partition coefficient (Wildman–Crippen LogP) is 0.896. The first-order valence-corrected chi connectivity index (χ1v) is 9.73. The molecule has 3 amide bonds. The summed E-state index contributed by atoms with van der Waals surface area (Å²) in [5, 5.41) is 5.49. The third kappa shape index (κ3) is 3.31. The van der Waals surface area contributed by atoms with Crippen LogP contribution in [0.15, 0.2) is 12.1 Å². The second-order valence-corrected chi connectivity index (χ2v) is 7.62. The second-order valence-electron chi connectivity index (χ2n) is 7.62. The molecule has 1 aromatic rings. The Morgan fingerprint density at radius 3 is 2.86 bits per heavy atom. The van der Waals surface area contributed by atoms with Gasteiger partial charge in [-0.05, 0) is 37.9 Å². The van der Waals surface area contributed by atoms with Crippen LogP contribution in [0.3, 0.4) is 0 Å². The van der Waals surface area contributed by atoms with E-state index in [0.717, 1.165) is 12.8 Å². The standard InChI is InChI=1S/C20H24FN3O4/c1-22-14-3-2-8-28-16(14)9-11-4-5-12-13(18(11)21)10-24(20(12)27)15-6-7-17(25)23-19(15)26/h4-5,14-16,22H,2-3,6-10H2,1H3,(H,23,25,26)/t14-,15?,16+/m0/s1. The fourth-order valence-corrected chi connectivity index (χ4v) is 4.40. The lowest BCUT2D eigenvalue weighted by Crippen LogP contribution is -2.52. The molecule has 0 aliphatic carbocycles. The van der Waals surface area contributed by atoms with Gasteiger partial charge in [-0.15, -0.1) is 0 Å². The minimum Gasteiger partial charge on any atom is -0.376 e. The number of carbonyl (C=O) groups excluding carboxylic acids is 3. The van der Waals surface area contributed by atoms with Crippen molar-refractivity contribution in [3.63, 3.8) is 0 Å². The number of rotatable bonds is 4. The fourth-order valence-electron chi connectivity index (χ4n) is 4.40. The van der Waals surface area contributed by atoms with Crippen LogP contribution in [0.4, 0.5) is 4.39 Å². The third-order valence-electron chi connectivity index (χ3n) is 5.96. The Kier molecular flexibility index (Phi) is 5.16. The Labute approximate surface area is 162 Å². The molecule has 2 saturated heterocycles. The molecule has 28 heavy (non-hydrogen) atoms. The van der Waals surface area contributed by atoms with Crippen LogP contribution in [0.1, 0.15) is 47.2 Å². The van der Waals surface area contributed by atoms with Crippen LogP contribution in [0.2, 0.25) is 0 Å². The zero-order valence-electron chi connectivity index (χ0n) is 15.8. The van der Waals surface area contributed by atoms with Crippen molar-refractivity contribution in [1.29, 1.82) is 0 Å². The topological polar surface area (TPSA) is 87.7 Å². The number of carbonyl (C=O) groups is 3. The lowest BCUT2D eigenvalue weighted by molar-refractivity contribution is -0.136. The van der Waals surface area contributed by atoms with Crippen molar-refractivity contribution in [2.75, 3.05) is 13.7 Å². The zero-order chi connectivity index (χ0) is 19.8. The minimum absolute atomic E-state index is 0.0428. The molecule has 1 aromatic carbocycles. The highest BCUT2D eigenvalue weighted by atomic mass is 19.1. The summed E-state index contributed by atoms with van der Waals surface area (Å²) in [6.07, 6.45) is 2.71. The van der Waals surface area contributed by atoms with Crippen LogP contribution >= 0.6 is 0 Å². The molecular weight excluding hydrogens is 365 g/mol. The molecule has 0 saturated carbocycles. The number of halogens is 1.